The van der Waals surface area contributed by atoms with Gasteiger partial charge in [0.05, 0.1) is 16.6 Å². The van der Waals surface area contributed by atoms with Crippen molar-refractivity contribution in [2.45, 2.75) is 19.4 Å². The molecule has 0 aromatic carbocycles. The monoisotopic (exact) mass is 293 g/mol. The highest BCUT2D eigenvalue weighted by atomic mass is 16.5. The van der Waals surface area contributed by atoms with Gasteiger partial charge in [-0.3, -0.25) is 4.79 Å². The van der Waals surface area contributed by atoms with E-state index < -0.39 is 17.9 Å². The lowest BCUT2D eigenvalue weighted by atomic mass is 10.1. The first kappa shape index (κ1) is 14.9. The Labute approximate surface area is 120 Å². The topological polar surface area (TPSA) is 115 Å². The van der Waals surface area contributed by atoms with Gasteiger partial charge in [-0.2, -0.15) is 0 Å². The van der Waals surface area contributed by atoms with Gasteiger partial charge in [0.25, 0.3) is 11.6 Å². The molecule has 0 radical (unpaired) electrons. The Balaban J connectivity index is 2.16. The molecule has 8 nitrogen and oxygen atoms in total. The minimum Gasteiger partial charge on any atom is -0.480 e. The molecule has 0 aliphatic heterocycles. The molecule has 2 N–H and O–H groups in total. The van der Waals surface area contributed by atoms with Gasteiger partial charge >= 0.3 is 5.97 Å². The van der Waals surface area contributed by atoms with E-state index in [0.717, 1.165) is 0 Å². The first-order valence-electron chi connectivity index (χ1n) is 6.27. The number of aryl methyl sites for hydroxylation is 1. The van der Waals surface area contributed by atoms with Gasteiger partial charge in [-0.25, -0.2) is 9.78 Å². The van der Waals surface area contributed by atoms with Crippen molar-refractivity contribution in [3.63, 3.8) is 0 Å². The van der Waals surface area contributed by atoms with Crippen LogP contribution in [0, 0.1) is 6.92 Å². The van der Waals surface area contributed by atoms with Crippen molar-refractivity contribution in [2.75, 3.05) is 13.7 Å². The van der Waals surface area contributed by atoms with Crippen LogP contribution in [0.3, 0.4) is 0 Å². The van der Waals surface area contributed by atoms with Crippen LogP contribution in [0.1, 0.15) is 22.5 Å². The molecule has 2 aromatic rings. The number of nitrogens with zero attached hydrogens (tertiary/aromatic N) is 2. The van der Waals surface area contributed by atoms with E-state index in [0.29, 0.717) is 16.8 Å². The summed E-state index contributed by atoms with van der Waals surface area (Å²) in [5.74, 6) is -1.64. The van der Waals surface area contributed by atoms with Crippen molar-refractivity contribution in [2.24, 2.45) is 0 Å². The average Bonchev–Trinajstić information content (AvgIpc) is 2.84. The molecule has 0 spiro atoms. The average molecular weight is 293 g/mol. The molecule has 21 heavy (non-hydrogen) atoms. The molecule has 0 aliphatic rings. The molecule has 8 heteroatoms. The van der Waals surface area contributed by atoms with Gasteiger partial charge in [-0.05, 0) is 13.0 Å². The Morgan fingerprint density at radius 3 is 2.95 bits per heavy atom. The van der Waals surface area contributed by atoms with Crippen LogP contribution >= 0.6 is 0 Å². The van der Waals surface area contributed by atoms with E-state index in [1.54, 1.807) is 13.0 Å². The van der Waals surface area contributed by atoms with E-state index in [2.05, 4.69) is 15.5 Å². The summed E-state index contributed by atoms with van der Waals surface area (Å²) in [5.41, 5.74) is 1.19. The summed E-state index contributed by atoms with van der Waals surface area (Å²) in [6.45, 7) is 1.97. The van der Waals surface area contributed by atoms with Crippen molar-refractivity contribution in [3.05, 3.63) is 23.5 Å². The molecule has 0 saturated heterocycles. The van der Waals surface area contributed by atoms with Crippen LogP contribution in [-0.2, 0) is 9.53 Å². The predicted molar refractivity (Wildman–Crippen MR) is 71.9 cm³/mol. The Kier molecular flexibility index (Phi) is 4.49. The SMILES string of the molecule is COCCC(NC(=O)c1cnc2onc(C)c2c1)C(=O)O. The highest BCUT2D eigenvalue weighted by Crippen LogP contribution is 2.16. The fourth-order valence-electron chi connectivity index (χ4n) is 1.80. The van der Waals surface area contributed by atoms with Crippen LogP contribution in [0.5, 0.6) is 0 Å². The summed E-state index contributed by atoms with van der Waals surface area (Å²) in [7, 11) is 1.47. The van der Waals surface area contributed by atoms with E-state index >= 15 is 0 Å². The molecular formula is C13H15N3O5. The standard InChI is InChI=1S/C13H15N3O5/c1-7-9-5-8(6-14-12(9)21-16-7)11(17)15-10(13(18)19)3-4-20-2/h5-6,10H,3-4H2,1-2H3,(H,15,17)(H,18,19). The second kappa shape index (κ2) is 6.31. The zero-order valence-electron chi connectivity index (χ0n) is 11.6. The largest absolute Gasteiger partial charge is 0.480 e. The van der Waals surface area contributed by atoms with Gasteiger partial charge in [0, 0.05) is 26.3 Å². The number of pyridine rings is 1. The maximum Gasteiger partial charge on any atom is 0.326 e. The molecule has 1 atom stereocenters. The van der Waals surface area contributed by atoms with Gasteiger partial charge in [0.15, 0.2) is 0 Å². The number of carboxylic acid groups (broad SMARTS) is 1. The Morgan fingerprint density at radius 2 is 2.29 bits per heavy atom. The molecule has 0 bridgehead atoms. The fourth-order valence-corrected chi connectivity index (χ4v) is 1.80. The minimum atomic E-state index is -1.12. The lowest BCUT2D eigenvalue weighted by Gasteiger charge is -2.13. The van der Waals surface area contributed by atoms with Gasteiger partial charge in [-0.15, -0.1) is 0 Å². The number of hydrogen-bond acceptors (Lipinski definition) is 6. The van der Waals surface area contributed by atoms with E-state index in [9.17, 15) is 9.59 Å². The number of aromatic nitrogens is 2. The number of methoxy groups -OCH3 is 1. The van der Waals surface area contributed by atoms with Crippen LogP contribution in [0.25, 0.3) is 11.1 Å². The summed E-state index contributed by atoms with van der Waals surface area (Å²) in [5, 5.41) is 15.9. The number of hydrogen-bond donors (Lipinski definition) is 2. The highest BCUT2D eigenvalue weighted by molar-refractivity contribution is 5.98. The molecule has 0 aliphatic carbocycles. The third kappa shape index (κ3) is 3.34. The fraction of sp³-hybridized carbons (Fsp3) is 0.385. The maximum absolute atomic E-state index is 12.1. The van der Waals surface area contributed by atoms with Gasteiger partial charge in [-0.1, -0.05) is 5.16 Å². The zero-order valence-corrected chi connectivity index (χ0v) is 11.6. The number of amides is 1. The van der Waals surface area contributed by atoms with Crippen molar-refractivity contribution < 1.29 is 24.0 Å². The molecule has 0 saturated carbocycles. The van der Waals surface area contributed by atoms with Gasteiger partial charge in [0.2, 0.25) is 0 Å². The number of carboxylic acids is 1. The smallest absolute Gasteiger partial charge is 0.326 e. The quantitative estimate of drug-likeness (QED) is 0.807. The van der Waals surface area contributed by atoms with Gasteiger partial charge in [0.1, 0.15) is 6.04 Å². The molecule has 1 amide bonds. The number of carbonyl (C=O) groups is 2. The predicted octanol–water partition coefficient (Wildman–Crippen LogP) is 0.751. The molecular weight excluding hydrogens is 278 g/mol. The van der Waals surface area contributed by atoms with Crippen molar-refractivity contribution in [1.82, 2.24) is 15.5 Å². The summed E-state index contributed by atoms with van der Waals surface area (Å²) in [4.78, 5) is 27.2. The van der Waals surface area contributed by atoms with E-state index in [-0.39, 0.29) is 18.6 Å². The first-order chi connectivity index (χ1) is 10.0. The number of aliphatic carboxylic acids is 1. The Hall–Kier alpha value is -2.48. The number of rotatable bonds is 6. The van der Waals surface area contributed by atoms with Crippen molar-refractivity contribution >= 4 is 23.0 Å². The minimum absolute atomic E-state index is 0.180. The summed E-state index contributed by atoms with van der Waals surface area (Å²) in [6.07, 6.45) is 1.50. The third-order valence-electron chi connectivity index (χ3n) is 2.99. The maximum atomic E-state index is 12.1. The van der Waals surface area contributed by atoms with Crippen LogP contribution in [0.2, 0.25) is 0 Å². The summed E-state index contributed by atoms with van der Waals surface area (Å²) in [6, 6.07) is 0.551. The van der Waals surface area contributed by atoms with Crippen LogP contribution < -0.4 is 5.32 Å². The second-order valence-electron chi connectivity index (χ2n) is 4.49. The number of fused-ring (bicyclic) bond motifs is 1. The zero-order chi connectivity index (χ0) is 15.4. The van der Waals surface area contributed by atoms with Crippen molar-refractivity contribution in [3.8, 4) is 0 Å². The third-order valence-corrected chi connectivity index (χ3v) is 2.99. The Bertz CT molecular complexity index is 667. The lowest BCUT2D eigenvalue weighted by molar-refractivity contribution is -0.139. The molecule has 2 heterocycles. The van der Waals surface area contributed by atoms with E-state index in [4.69, 9.17) is 14.4 Å². The highest BCUT2D eigenvalue weighted by Gasteiger charge is 2.21. The van der Waals surface area contributed by atoms with Crippen LogP contribution in [-0.4, -0.2) is 46.9 Å². The van der Waals surface area contributed by atoms with Crippen molar-refractivity contribution in [1.29, 1.82) is 0 Å². The van der Waals surface area contributed by atoms with E-state index in [1.807, 2.05) is 0 Å². The van der Waals surface area contributed by atoms with Crippen LogP contribution in [0.4, 0.5) is 0 Å². The van der Waals surface area contributed by atoms with Crippen LogP contribution in [0.15, 0.2) is 16.8 Å². The Morgan fingerprint density at radius 1 is 1.52 bits per heavy atom. The van der Waals surface area contributed by atoms with E-state index in [1.165, 1.54) is 13.3 Å². The molecule has 0 fully saturated rings. The lowest BCUT2D eigenvalue weighted by Crippen LogP contribution is -2.41. The molecule has 2 rings (SSSR count). The van der Waals surface area contributed by atoms with Gasteiger partial charge < -0.3 is 19.7 Å². The second-order valence-corrected chi connectivity index (χ2v) is 4.49. The number of nitrogens with one attached hydrogen (secondary N) is 1. The molecule has 1 unspecified atom stereocenters. The summed E-state index contributed by atoms with van der Waals surface area (Å²) < 4.78 is 9.78. The first-order valence-corrected chi connectivity index (χ1v) is 6.27. The normalized spacial score (nSPS) is 12.3. The number of ether oxygens (including phenoxy) is 1. The summed E-state index contributed by atoms with van der Waals surface area (Å²) >= 11 is 0. The number of carbonyl (C=O) groups excluding carboxylic acids is 1. The molecule has 2 aromatic heterocycles. The molecule has 112 valence electrons.